The van der Waals surface area contributed by atoms with Gasteiger partial charge in [0.05, 0.1) is 15.7 Å². The zero-order chi connectivity index (χ0) is 17.2. The molecule has 0 bridgehead atoms. The van der Waals surface area contributed by atoms with Gasteiger partial charge in [0.1, 0.15) is 5.54 Å². The molecule has 3 unspecified atom stereocenters. The summed E-state index contributed by atoms with van der Waals surface area (Å²) in [5.74, 6) is -1.06. The molecule has 0 aliphatic heterocycles. The minimum atomic E-state index is -4.59. The lowest BCUT2D eigenvalue weighted by atomic mass is 9.81. The Labute approximate surface area is 132 Å². The van der Waals surface area contributed by atoms with Crippen molar-refractivity contribution < 1.29 is 17.4 Å². The molecule has 0 saturated carbocycles. The quantitative estimate of drug-likeness (QED) is 0.799. The molecule has 0 aliphatic carbocycles. The summed E-state index contributed by atoms with van der Waals surface area (Å²) in [6, 6.07) is 8.29. The van der Waals surface area contributed by atoms with Gasteiger partial charge in [0, 0.05) is 5.92 Å². The van der Waals surface area contributed by atoms with Crippen LogP contribution in [0.5, 0.6) is 0 Å². The van der Waals surface area contributed by atoms with Crippen molar-refractivity contribution in [3.8, 4) is 0 Å². The molecule has 3 atom stereocenters. The second-order valence-corrected chi connectivity index (χ2v) is 8.27. The summed E-state index contributed by atoms with van der Waals surface area (Å²) in [7, 11) is -1.87. The molecule has 1 rings (SSSR count). The first kappa shape index (κ1) is 18.9. The van der Waals surface area contributed by atoms with Crippen molar-refractivity contribution in [2.24, 2.45) is 0 Å². The van der Waals surface area contributed by atoms with E-state index >= 15 is 0 Å². The van der Waals surface area contributed by atoms with Gasteiger partial charge < -0.3 is 0 Å². The maximum Gasteiger partial charge on any atom is 0.408 e. The smallest absolute Gasteiger partial charge is 0.242 e. The first-order valence-electron chi connectivity index (χ1n) is 6.87. The van der Waals surface area contributed by atoms with Crippen LogP contribution in [0.25, 0.3) is 0 Å². The Bertz CT molecular complexity index is 537. The molecule has 22 heavy (non-hydrogen) atoms. The Hall–Kier alpha value is -1.14. The predicted molar refractivity (Wildman–Crippen MR) is 84.9 cm³/mol. The Morgan fingerprint density at radius 1 is 1.14 bits per heavy atom. The number of hydrogen-bond acceptors (Lipinski definition) is 1. The van der Waals surface area contributed by atoms with Gasteiger partial charge in [-0.25, -0.2) is 8.93 Å². The molecule has 0 aromatic heterocycles. The fourth-order valence-electron chi connectivity index (χ4n) is 2.01. The molecule has 0 saturated heterocycles. The second-order valence-electron chi connectivity index (χ2n) is 6.31. The van der Waals surface area contributed by atoms with Gasteiger partial charge in [-0.2, -0.15) is 13.2 Å². The summed E-state index contributed by atoms with van der Waals surface area (Å²) >= 11 is 0. The van der Waals surface area contributed by atoms with Gasteiger partial charge in [-0.3, -0.25) is 0 Å². The highest BCUT2D eigenvalue weighted by Gasteiger charge is 2.57. The highest BCUT2D eigenvalue weighted by Crippen LogP contribution is 2.42. The molecule has 1 aromatic rings. The van der Waals surface area contributed by atoms with Crippen molar-refractivity contribution in [1.29, 1.82) is 0 Å². The molecule has 124 valence electrons. The molecule has 2 nitrogen and oxygen atoms in total. The summed E-state index contributed by atoms with van der Waals surface area (Å²) in [6.45, 7) is 9.44. The molecule has 0 fully saturated rings. The van der Waals surface area contributed by atoms with E-state index < -0.39 is 33.4 Å². The Balaban J connectivity index is 3.33. The molecule has 1 N–H and O–H groups in total. The van der Waals surface area contributed by atoms with E-state index in [1.807, 2.05) is 0 Å². The van der Waals surface area contributed by atoms with Crippen molar-refractivity contribution in [2.75, 3.05) is 0 Å². The van der Waals surface area contributed by atoms with Crippen molar-refractivity contribution in [3.63, 3.8) is 0 Å². The topological polar surface area (TPSA) is 29.1 Å². The third-order valence-corrected chi connectivity index (χ3v) is 5.19. The van der Waals surface area contributed by atoms with Crippen molar-refractivity contribution in [3.05, 3.63) is 48.6 Å². The Morgan fingerprint density at radius 2 is 1.64 bits per heavy atom. The van der Waals surface area contributed by atoms with E-state index in [4.69, 9.17) is 0 Å². The number of benzene rings is 1. The number of nitrogens with one attached hydrogen (secondary N) is 1. The fourth-order valence-corrected chi connectivity index (χ4v) is 2.94. The molecule has 0 heterocycles. The number of hydrogen-bond donors (Lipinski definition) is 1. The van der Waals surface area contributed by atoms with E-state index in [0.717, 1.165) is 6.92 Å². The van der Waals surface area contributed by atoms with E-state index in [9.17, 15) is 17.4 Å². The molecule has 1 aromatic carbocycles. The van der Waals surface area contributed by atoms with Gasteiger partial charge in [-0.05, 0) is 33.3 Å². The number of halogens is 3. The summed E-state index contributed by atoms with van der Waals surface area (Å²) in [6.07, 6.45) is -3.35. The van der Waals surface area contributed by atoms with Crippen molar-refractivity contribution in [1.82, 2.24) is 4.72 Å². The maximum absolute atomic E-state index is 13.7. The average Bonchev–Trinajstić information content (AvgIpc) is 2.38. The van der Waals surface area contributed by atoms with Gasteiger partial charge in [0.2, 0.25) is 0 Å². The lowest BCUT2D eigenvalue weighted by Crippen LogP contribution is -2.60. The zero-order valence-electron chi connectivity index (χ0n) is 13.2. The summed E-state index contributed by atoms with van der Waals surface area (Å²) in [5.41, 5.74) is -1.91. The molecule has 0 aliphatic rings. The van der Waals surface area contributed by atoms with Gasteiger partial charge in [0.15, 0.2) is 0 Å². The van der Waals surface area contributed by atoms with Crippen LogP contribution >= 0.6 is 0 Å². The molecule has 0 spiro atoms. The Morgan fingerprint density at radius 3 is 2.00 bits per heavy atom. The lowest BCUT2D eigenvalue weighted by Gasteiger charge is -2.40. The average molecular weight is 333 g/mol. The van der Waals surface area contributed by atoms with Crippen LogP contribution in [0.1, 0.15) is 39.2 Å². The summed E-state index contributed by atoms with van der Waals surface area (Å²) in [4.78, 5) is 0. The van der Waals surface area contributed by atoms with Crippen LogP contribution in [0.2, 0.25) is 0 Å². The monoisotopic (exact) mass is 333 g/mol. The van der Waals surface area contributed by atoms with Crippen LogP contribution in [0.4, 0.5) is 13.2 Å². The predicted octanol–water partition coefficient (Wildman–Crippen LogP) is 4.33. The highest BCUT2D eigenvalue weighted by molar-refractivity contribution is 7.84. The molecule has 0 radical (unpaired) electrons. The minimum absolute atomic E-state index is 0.468. The molecular weight excluding hydrogens is 311 g/mol. The SMILES string of the molecule is C=CC(c1ccccc1)C(C)(NS(=O)C(C)(C)C)C(F)(F)F. The van der Waals surface area contributed by atoms with Crippen LogP contribution in [0, 0.1) is 0 Å². The Kier molecular flexibility index (Phi) is 5.62. The van der Waals surface area contributed by atoms with Crippen LogP contribution in [-0.4, -0.2) is 20.7 Å². The normalized spacial score (nSPS) is 18.3. The first-order valence-corrected chi connectivity index (χ1v) is 8.02. The molecule has 0 amide bonds. The first-order chi connectivity index (χ1) is 9.93. The highest BCUT2D eigenvalue weighted by atomic mass is 32.2. The van der Waals surface area contributed by atoms with Crippen LogP contribution in [0.15, 0.2) is 43.0 Å². The number of rotatable bonds is 5. The van der Waals surface area contributed by atoms with Crippen molar-refractivity contribution >= 4 is 11.0 Å². The third kappa shape index (κ3) is 3.98. The van der Waals surface area contributed by atoms with E-state index in [2.05, 4.69) is 11.3 Å². The van der Waals surface area contributed by atoms with E-state index in [0.29, 0.717) is 5.56 Å². The summed E-state index contributed by atoms with van der Waals surface area (Å²) < 4.78 is 54.9. The molecular formula is C16H22F3NOS. The number of alkyl halides is 3. The standard InChI is InChI=1S/C16H22F3NOS/c1-6-13(12-10-8-7-9-11-12)15(5,16(17,18)19)20-22(21)14(2,3)4/h6-11,13,20H,1H2,2-5H3. The zero-order valence-corrected chi connectivity index (χ0v) is 14.0. The largest absolute Gasteiger partial charge is 0.408 e. The lowest BCUT2D eigenvalue weighted by molar-refractivity contribution is -0.188. The van der Waals surface area contributed by atoms with Crippen LogP contribution < -0.4 is 4.72 Å². The van der Waals surface area contributed by atoms with Crippen LogP contribution in [-0.2, 0) is 11.0 Å². The maximum atomic E-state index is 13.7. The van der Waals surface area contributed by atoms with E-state index in [-0.39, 0.29) is 0 Å². The van der Waals surface area contributed by atoms with E-state index in [1.54, 1.807) is 51.1 Å². The summed E-state index contributed by atoms with van der Waals surface area (Å²) in [5, 5.41) is 0. The van der Waals surface area contributed by atoms with Crippen LogP contribution in [0.3, 0.4) is 0 Å². The fraction of sp³-hybridized carbons (Fsp3) is 0.500. The van der Waals surface area contributed by atoms with Gasteiger partial charge in [-0.1, -0.05) is 36.4 Å². The second kappa shape index (κ2) is 6.54. The van der Waals surface area contributed by atoms with Gasteiger partial charge >= 0.3 is 6.18 Å². The minimum Gasteiger partial charge on any atom is -0.242 e. The van der Waals surface area contributed by atoms with E-state index in [1.165, 1.54) is 6.08 Å². The van der Waals surface area contributed by atoms with Gasteiger partial charge in [0.25, 0.3) is 0 Å². The van der Waals surface area contributed by atoms with Gasteiger partial charge in [-0.15, -0.1) is 6.58 Å². The molecule has 6 heteroatoms. The van der Waals surface area contributed by atoms with Crippen molar-refractivity contribution in [2.45, 2.75) is 50.1 Å². The third-order valence-electron chi connectivity index (χ3n) is 3.47.